The van der Waals surface area contributed by atoms with E-state index >= 15 is 0 Å². The van der Waals surface area contributed by atoms with E-state index in [1.165, 1.54) is 12.5 Å². The number of hydrogen-bond donors (Lipinski definition) is 0. The van der Waals surface area contributed by atoms with Crippen molar-refractivity contribution in [2.45, 2.75) is 38.8 Å². The summed E-state index contributed by atoms with van der Waals surface area (Å²) in [7, 11) is -3.28. The van der Waals surface area contributed by atoms with Gasteiger partial charge in [0.15, 0.2) is 9.84 Å². The molecule has 2 aliphatic heterocycles. The summed E-state index contributed by atoms with van der Waals surface area (Å²) in [6.45, 7) is 4.64. The van der Waals surface area contributed by atoms with Crippen LogP contribution in [0.15, 0.2) is 23.0 Å². The van der Waals surface area contributed by atoms with Gasteiger partial charge in [-0.3, -0.25) is 9.59 Å². The van der Waals surface area contributed by atoms with E-state index in [0.717, 1.165) is 12.8 Å². The normalized spacial score (nSPS) is 25.2. The zero-order valence-corrected chi connectivity index (χ0v) is 15.4. The van der Waals surface area contributed by atoms with Crippen molar-refractivity contribution in [3.63, 3.8) is 0 Å². The molecule has 0 aromatic carbocycles. The van der Waals surface area contributed by atoms with E-state index in [0.29, 0.717) is 18.7 Å². The molecule has 25 heavy (non-hydrogen) atoms. The van der Waals surface area contributed by atoms with Gasteiger partial charge in [-0.05, 0) is 18.9 Å². The van der Waals surface area contributed by atoms with Gasteiger partial charge in [0, 0.05) is 19.0 Å². The molecular formula is C17H24N2O5S. The summed E-state index contributed by atoms with van der Waals surface area (Å²) in [6, 6.07) is 0.629. The van der Waals surface area contributed by atoms with Crippen LogP contribution >= 0.6 is 0 Å². The summed E-state index contributed by atoms with van der Waals surface area (Å²) in [4.78, 5) is 28.8. The first kappa shape index (κ1) is 18.0. The summed E-state index contributed by atoms with van der Waals surface area (Å²) < 4.78 is 29.4. The van der Waals surface area contributed by atoms with Gasteiger partial charge in [0.1, 0.15) is 6.26 Å². The molecule has 2 fully saturated rings. The van der Waals surface area contributed by atoms with Crippen LogP contribution in [0.25, 0.3) is 0 Å². The smallest absolute Gasteiger partial charge is 0.257 e. The number of carbonyl (C=O) groups excluding carboxylic acids is 2. The van der Waals surface area contributed by atoms with Gasteiger partial charge in [-0.15, -0.1) is 0 Å². The highest BCUT2D eigenvalue weighted by molar-refractivity contribution is 7.91. The van der Waals surface area contributed by atoms with Gasteiger partial charge in [-0.25, -0.2) is 8.42 Å². The summed E-state index contributed by atoms with van der Waals surface area (Å²) in [5.74, 6) is -0.491. The Balaban J connectivity index is 1.87. The summed E-state index contributed by atoms with van der Waals surface area (Å²) >= 11 is 0. The van der Waals surface area contributed by atoms with Crippen LogP contribution in [0.4, 0.5) is 0 Å². The van der Waals surface area contributed by atoms with Crippen LogP contribution in [-0.4, -0.2) is 66.7 Å². The van der Waals surface area contributed by atoms with E-state index in [4.69, 9.17) is 4.42 Å². The van der Waals surface area contributed by atoms with Crippen molar-refractivity contribution < 1.29 is 22.4 Å². The molecule has 3 heterocycles. The molecule has 0 N–H and O–H groups in total. The van der Waals surface area contributed by atoms with Gasteiger partial charge in [-0.2, -0.15) is 0 Å². The second-order valence-corrected chi connectivity index (χ2v) is 8.92. The molecule has 2 unspecified atom stereocenters. The lowest BCUT2D eigenvalue weighted by Crippen LogP contribution is -2.62. The Morgan fingerprint density at radius 1 is 1.16 bits per heavy atom. The molecule has 2 saturated heterocycles. The molecule has 0 saturated carbocycles. The SMILES string of the molecule is CCC(CC)C(=O)N1CCN(C(=O)c2ccoc2)C2CS(=O)(=O)CC21. The maximum atomic E-state index is 12.8. The molecule has 1 aromatic heterocycles. The number of hydrogen-bond acceptors (Lipinski definition) is 5. The zero-order chi connectivity index (χ0) is 18.2. The third-order valence-electron chi connectivity index (χ3n) is 5.32. The largest absolute Gasteiger partial charge is 0.472 e. The minimum atomic E-state index is -3.28. The van der Waals surface area contributed by atoms with Gasteiger partial charge in [0.05, 0.1) is 35.4 Å². The van der Waals surface area contributed by atoms with Crippen molar-refractivity contribution in [3.8, 4) is 0 Å². The molecule has 0 bridgehead atoms. The maximum absolute atomic E-state index is 12.8. The van der Waals surface area contributed by atoms with Gasteiger partial charge < -0.3 is 14.2 Å². The van der Waals surface area contributed by atoms with Crippen molar-refractivity contribution in [1.82, 2.24) is 9.80 Å². The Hall–Kier alpha value is -1.83. The number of carbonyl (C=O) groups is 2. The van der Waals surface area contributed by atoms with Gasteiger partial charge in [-0.1, -0.05) is 13.8 Å². The van der Waals surface area contributed by atoms with E-state index < -0.39 is 21.9 Å². The second-order valence-electron chi connectivity index (χ2n) is 6.77. The van der Waals surface area contributed by atoms with Crippen molar-refractivity contribution in [2.24, 2.45) is 5.92 Å². The summed E-state index contributed by atoms with van der Waals surface area (Å²) in [6.07, 6.45) is 4.24. The molecule has 138 valence electrons. The number of amides is 2. The van der Waals surface area contributed by atoms with E-state index in [1.807, 2.05) is 13.8 Å². The highest BCUT2D eigenvalue weighted by atomic mass is 32.2. The van der Waals surface area contributed by atoms with Gasteiger partial charge in [0.2, 0.25) is 5.91 Å². The summed E-state index contributed by atoms with van der Waals surface area (Å²) in [5.41, 5.74) is 0.405. The Morgan fingerprint density at radius 3 is 2.32 bits per heavy atom. The number of sulfone groups is 1. The third kappa shape index (κ3) is 3.31. The van der Waals surface area contributed by atoms with Crippen LogP contribution in [0.3, 0.4) is 0 Å². The lowest BCUT2D eigenvalue weighted by atomic mass is 9.97. The predicted octanol–water partition coefficient (Wildman–Crippen LogP) is 1.17. The van der Waals surface area contributed by atoms with Crippen molar-refractivity contribution >= 4 is 21.7 Å². The van der Waals surface area contributed by atoms with Gasteiger partial charge >= 0.3 is 0 Å². The molecule has 8 heteroatoms. The molecule has 2 aliphatic rings. The number of rotatable bonds is 4. The fraction of sp³-hybridized carbons (Fsp3) is 0.647. The van der Waals surface area contributed by atoms with Crippen LogP contribution in [0, 0.1) is 5.92 Å². The van der Waals surface area contributed by atoms with Crippen molar-refractivity contribution in [2.75, 3.05) is 24.6 Å². The van der Waals surface area contributed by atoms with E-state index in [2.05, 4.69) is 0 Å². The number of fused-ring (bicyclic) bond motifs is 1. The van der Waals surface area contributed by atoms with Crippen molar-refractivity contribution in [3.05, 3.63) is 24.2 Å². The Labute approximate surface area is 147 Å². The number of piperazine rings is 1. The van der Waals surface area contributed by atoms with Crippen LogP contribution in [0.1, 0.15) is 37.0 Å². The molecule has 7 nitrogen and oxygen atoms in total. The molecule has 0 spiro atoms. The Kier molecular flexibility index (Phi) is 4.90. The average molecular weight is 368 g/mol. The monoisotopic (exact) mass is 368 g/mol. The highest BCUT2D eigenvalue weighted by Gasteiger charge is 2.50. The minimum absolute atomic E-state index is 0.00695. The fourth-order valence-corrected chi connectivity index (χ4v) is 5.88. The van der Waals surface area contributed by atoms with E-state index in [9.17, 15) is 18.0 Å². The standard InChI is InChI=1S/C17H24N2O5S/c1-3-12(4-2)16(20)18-6-7-19(17(21)13-5-8-24-9-13)15-11-25(22,23)10-14(15)18/h5,8-9,12,14-15H,3-4,6-7,10-11H2,1-2H3. The first-order valence-corrected chi connectivity index (χ1v) is 10.5. The average Bonchev–Trinajstić information content (AvgIpc) is 3.20. The molecule has 0 aliphatic carbocycles. The van der Waals surface area contributed by atoms with E-state index in [-0.39, 0.29) is 29.2 Å². The number of furan rings is 1. The Bertz CT molecular complexity index is 739. The highest BCUT2D eigenvalue weighted by Crippen LogP contribution is 2.30. The molecule has 0 radical (unpaired) electrons. The number of nitrogens with zero attached hydrogens (tertiary/aromatic N) is 2. The van der Waals surface area contributed by atoms with E-state index in [1.54, 1.807) is 15.9 Å². The molecule has 2 amide bonds. The second kappa shape index (κ2) is 6.82. The topological polar surface area (TPSA) is 87.9 Å². The zero-order valence-electron chi connectivity index (χ0n) is 14.6. The fourth-order valence-electron chi connectivity index (χ4n) is 3.90. The summed E-state index contributed by atoms with van der Waals surface area (Å²) in [5, 5.41) is 0. The molecule has 3 rings (SSSR count). The van der Waals surface area contributed by atoms with Crippen LogP contribution in [0.5, 0.6) is 0 Å². The Morgan fingerprint density at radius 2 is 1.76 bits per heavy atom. The van der Waals surface area contributed by atoms with Crippen LogP contribution in [-0.2, 0) is 14.6 Å². The molecule has 1 aromatic rings. The first-order chi connectivity index (χ1) is 11.9. The predicted molar refractivity (Wildman–Crippen MR) is 91.8 cm³/mol. The molecular weight excluding hydrogens is 344 g/mol. The van der Waals surface area contributed by atoms with Crippen LogP contribution in [0.2, 0.25) is 0 Å². The third-order valence-corrected chi connectivity index (χ3v) is 7.02. The minimum Gasteiger partial charge on any atom is -0.472 e. The molecule has 2 atom stereocenters. The van der Waals surface area contributed by atoms with Crippen molar-refractivity contribution in [1.29, 1.82) is 0 Å². The maximum Gasteiger partial charge on any atom is 0.257 e. The van der Waals surface area contributed by atoms with Crippen LogP contribution < -0.4 is 0 Å². The van der Waals surface area contributed by atoms with Gasteiger partial charge in [0.25, 0.3) is 5.91 Å². The quantitative estimate of drug-likeness (QED) is 0.796. The lowest BCUT2D eigenvalue weighted by Gasteiger charge is -2.44. The first-order valence-electron chi connectivity index (χ1n) is 8.72. The lowest BCUT2D eigenvalue weighted by molar-refractivity contribution is -0.141.